The van der Waals surface area contributed by atoms with Crippen LogP contribution in [0, 0.1) is 0 Å². The third kappa shape index (κ3) is 5.34. The highest BCUT2D eigenvalue weighted by Gasteiger charge is 2.18. The van der Waals surface area contributed by atoms with Gasteiger partial charge in [-0.15, -0.1) is 0 Å². The molecule has 1 aromatic heterocycles. The van der Waals surface area contributed by atoms with Crippen LogP contribution in [-0.2, 0) is 11.2 Å². The minimum atomic E-state index is -0.213. The highest BCUT2D eigenvalue weighted by Crippen LogP contribution is 2.13. The highest BCUT2D eigenvalue weighted by molar-refractivity contribution is 6.29. The second-order valence-electron chi connectivity index (χ2n) is 5.06. The Hall–Kier alpha value is -1.62. The van der Waals surface area contributed by atoms with Crippen molar-refractivity contribution in [2.45, 2.75) is 40.2 Å². The fourth-order valence-corrected chi connectivity index (χ4v) is 2.13. The first kappa shape index (κ1) is 17.4. The summed E-state index contributed by atoms with van der Waals surface area (Å²) >= 11 is 5.93. The fraction of sp³-hybridized carbons (Fsp3) is 0.533. The maximum Gasteiger partial charge on any atom is 0.254 e. The van der Waals surface area contributed by atoms with Crippen molar-refractivity contribution in [3.05, 3.63) is 28.5 Å². The van der Waals surface area contributed by atoms with Gasteiger partial charge in [-0.25, -0.2) is 4.98 Å². The molecule has 0 unspecified atom stereocenters. The maximum atomic E-state index is 12.5. The van der Waals surface area contributed by atoms with Gasteiger partial charge in [0.25, 0.3) is 5.91 Å². The molecule has 1 heterocycles. The van der Waals surface area contributed by atoms with E-state index in [1.807, 2.05) is 27.7 Å². The largest absolute Gasteiger partial charge is 0.352 e. The Morgan fingerprint density at radius 2 is 2.00 bits per heavy atom. The van der Waals surface area contributed by atoms with Crippen molar-refractivity contribution in [3.63, 3.8) is 0 Å². The van der Waals surface area contributed by atoms with E-state index in [0.717, 1.165) is 5.69 Å². The number of halogens is 1. The zero-order chi connectivity index (χ0) is 16.0. The van der Waals surface area contributed by atoms with Crippen LogP contribution in [0.2, 0.25) is 5.15 Å². The Morgan fingerprint density at radius 1 is 1.33 bits per heavy atom. The number of aromatic nitrogens is 1. The second-order valence-corrected chi connectivity index (χ2v) is 5.45. The van der Waals surface area contributed by atoms with Crippen LogP contribution in [0.1, 0.15) is 43.7 Å². The third-order valence-electron chi connectivity index (χ3n) is 2.91. The molecule has 1 N–H and O–H groups in total. The Labute approximate surface area is 130 Å². The standard InChI is InChI=1S/C15H22ClN3O2/c1-5-12-7-11(8-13(16)18-12)15(21)19(6-2)9-14(20)17-10(3)4/h7-8,10H,5-6,9H2,1-4H3,(H,17,20). The number of aryl methyl sites for hydroxylation is 1. The number of pyridine rings is 1. The molecule has 1 aromatic rings. The van der Waals surface area contributed by atoms with Crippen LogP contribution in [0.4, 0.5) is 0 Å². The first-order valence-corrected chi connectivity index (χ1v) is 7.50. The molecule has 0 fully saturated rings. The van der Waals surface area contributed by atoms with Crippen molar-refractivity contribution in [1.82, 2.24) is 15.2 Å². The number of carbonyl (C=O) groups excluding carboxylic acids is 2. The van der Waals surface area contributed by atoms with E-state index in [-0.39, 0.29) is 24.4 Å². The van der Waals surface area contributed by atoms with Crippen LogP contribution in [0.15, 0.2) is 12.1 Å². The molecule has 0 atom stereocenters. The number of rotatable bonds is 6. The minimum absolute atomic E-state index is 0.0366. The van der Waals surface area contributed by atoms with Crippen molar-refractivity contribution in [2.24, 2.45) is 0 Å². The van der Waals surface area contributed by atoms with Crippen molar-refractivity contribution in [3.8, 4) is 0 Å². The monoisotopic (exact) mass is 311 g/mol. The van der Waals surface area contributed by atoms with Gasteiger partial charge in [-0.05, 0) is 39.3 Å². The molecule has 2 amide bonds. The molecule has 0 aromatic carbocycles. The van der Waals surface area contributed by atoms with E-state index in [2.05, 4.69) is 10.3 Å². The average molecular weight is 312 g/mol. The van der Waals surface area contributed by atoms with Crippen molar-refractivity contribution in [2.75, 3.05) is 13.1 Å². The van der Waals surface area contributed by atoms with E-state index in [9.17, 15) is 9.59 Å². The van der Waals surface area contributed by atoms with E-state index in [1.54, 1.807) is 6.07 Å². The van der Waals surface area contributed by atoms with Crippen LogP contribution in [-0.4, -0.2) is 40.8 Å². The molecule has 0 saturated carbocycles. The Kier molecular flexibility index (Phi) is 6.62. The number of likely N-dealkylation sites (N-methyl/N-ethyl adjacent to an activating group) is 1. The van der Waals surface area contributed by atoms with Gasteiger partial charge in [-0.3, -0.25) is 9.59 Å². The van der Waals surface area contributed by atoms with Gasteiger partial charge in [0.2, 0.25) is 5.91 Å². The Bertz CT molecular complexity index is 518. The zero-order valence-electron chi connectivity index (χ0n) is 12.9. The Balaban J connectivity index is 2.88. The number of hydrogen-bond donors (Lipinski definition) is 1. The van der Waals surface area contributed by atoms with Gasteiger partial charge in [-0.1, -0.05) is 18.5 Å². The van der Waals surface area contributed by atoms with Gasteiger partial charge in [0, 0.05) is 23.8 Å². The molecular weight excluding hydrogens is 290 g/mol. The first-order chi connectivity index (χ1) is 9.87. The van der Waals surface area contributed by atoms with Gasteiger partial charge in [0.05, 0.1) is 6.54 Å². The summed E-state index contributed by atoms with van der Waals surface area (Å²) in [6, 6.07) is 3.30. The van der Waals surface area contributed by atoms with Crippen LogP contribution in [0.3, 0.4) is 0 Å². The van der Waals surface area contributed by atoms with Gasteiger partial charge in [0.1, 0.15) is 5.15 Å². The molecule has 0 aliphatic carbocycles. The molecule has 0 bridgehead atoms. The SMILES string of the molecule is CCc1cc(C(=O)N(CC)CC(=O)NC(C)C)cc(Cl)n1. The van der Waals surface area contributed by atoms with Crippen LogP contribution >= 0.6 is 11.6 Å². The molecule has 116 valence electrons. The lowest BCUT2D eigenvalue weighted by atomic mass is 10.1. The van der Waals surface area contributed by atoms with Crippen molar-refractivity contribution in [1.29, 1.82) is 0 Å². The lowest BCUT2D eigenvalue weighted by Crippen LogP contribution is -2.42. The first-order valence-electron chi connectivity index (χ1n) is 7.12. The highest BCUT2D eigenvalue weighted by atomic mass is 35.5. The smallest absolute Gasteiger partial charge is 0.254 e. The summed E-state index contributed by atoms with van der Waals surface area (Å²) in [4.78, 5) is 29.9. The lowest BCUT2D eigenvalue weighted by Gasteiger charge is -2.21. The molecule has 1 rings (SSSR count). The summed E-state index contributed by atoms with van der Waals surface area (Å²) < 4.78 is 0. The average Bonchev–Trinajstić information content (AvgIpc) is 2.42. The zero-order valence-corrected chi connectivity index (χ0v) is 13.7. The van der Waals surface area contributed by atoms with Crippen LogP contribution in [0.5, 0.6) is 0 Å². The van der Waals surface area contributed by atoms with E-state index in [4.69, 9.17) is 11.6 Å². The van der Waals surface area contributed by atoms with E-state index >= 15 is 0 Å². The number of nitrogens with zero attached hydrogens (tertiary/aromatic N) is 2. The number of amides is 2. The maximum absolute atomic E-state index is 12.5. The van der Waals surface area contributed by atoms with Crippen molar-refractivity contribution >= 4 is 23.4 Å². The van der Waals surface area contributed by atoms with Gasteiger partial charge >= 0.3 is 0 Å². The van der Waals surface area contributed by atoms with E-state index < -0.39 is 0 Å². The molecule has 5 nitrogen and oxygen atoms in total. The number of hydrogen-bond acceptors (Lipinski definition) is 3. The van der Waals surface area contributed by atoms with E-state index in [1.165, 1.54) is 11.0 Å². The van der Waals surface area contributed by atoms with Crippen LogP contribution < -0.4 is 5.32 Å². The normalized spacial score (nSPS) is 10.6. The molecule has 0 aliphatic heterocycles. The molecule has 0 saturated heterocycles. The summed E-state index contributed by atoms with van der Waals surface area (Å²) in [7, 11) is 0. The predicted molar refractivity (Wildman–Crippen MR) is 83.5 cm³/mol. The number of carbonyl (C=O) groups is 2. The van der Waals surface area contributed by atoms with Gasteiger partial charge in [0.15, 0.2) is 0 Å². The number of nitrogens with one attached hydrogen (secondary N) is 1. The predicted octanol–water partition coefficient (Wildman–Crippen LogP) is 2.28. The fourth-order valence-electron chi connectivity index (χ4n) is 1.91. The summed E-state index contributed by atoms with van der Waals surface area (Å²) in [6.07, 6.45) is 0.695. The molecule has 21 heavy (non-hydrogen) atoms. The minimum Gasteiger partial charge on any atom is -0.352 e. The lowest BCUT2D eigenvalue weighted by molar-refractivity contribution is -0.122. The summed E-state index contributed by atoms with van der Waals surface area (Å²) in [5.74, 6) is -0.383. The molecule has 0 spiro atoms. The summed E-state index contributed by atoms with van der Waals surface area (Å²) in [6.45, 7) is 8.03. The molecule has 0 radical (unpaired) electrons. The third-order valence-corrected chi connectivity index (χ3v) is 3.10. The molecule has 6 heteroatoms. The molecule has 0 aliphatic rings. The van der Waals surface area contributed by atoms with Gasteiger partial charge < -0.3 is 10.2 Å². The van der Waals surface area contributed by atoms with Crippen LogP contribution in [0.25, 0.3) is 0 Å². The summed E-state index contributed by atoms with van der Waals surface area (Å²) in [5.41, 5.74) is 1.22. The topological polar surface area (TPSA) is 62.3 Å². The quantitative estimate of drug-likeness (QED) is 0.820. The Morgan fingerprint density at radius 3 is 2.52 bits per heavy atom. The van der Waals surface area contributed by atoms with Crippen molar-refractivity contribution < 1.29 is 9.59 Å². The van der Waals surface area contributed by atoms with E-state index in [0.29, 0.717) is 23.7 Å². The summed E-state index contributed by atoms with van der Waals surface area (Å²) in [5, 5.41) is 3.07. The molecular formula is C15H22ClN3O2. The van der Waals surface area contributed by atoms with Gasteiger partial charge in [-0.2, -0.15) is 0 Å². The second kappa shape index (κ2) is 7.98.